The molecule has 0 saturated carbocycles. The molecule has 0 fully saturated rings. The molecule has 8 heteroatoms. The molecule has 10 rings (SSSR count). The van der Waals surface area contributed by atoms with E-state index in [4.69, 9.17) is 18.9 Å². The average Bonchev–Trinajstić information content (AvgIpc) is 3.27. The summed E-state index contributed by atoms with van der Waals surface area (Å²) in [7, 11) is 0. The molecule has 0 aliphatic carbocycles. The van der Waals surface area contributed by atoms with E-state index in [0.29, 0.717) is 26.4 Å². The summed E-state index contributed by atoms with van der Waals surface area (Å²) in [4.78, 5) is 5.05. The molecule has 57 heavy (non-hydrogen) atoms. The van der Waals surface area contributed by atoms with Crippen LogP contribution in [0.3, 0.4) is 0 Å². The number of aryl methyl sites for hydroxylation is 3. The summed E-state index contributed by atoms with van der Waals surface area (Å²) in [6.07, 6.45) is 1.70. The van der Waals surface area contributed by atoms with Crippen LogP contribution in [-0.4, -0.2) is 33.1 Å². The van der Waals surface area contributed by atoms with Crippen molar-refractivity contribution in [3.05, 3.63) is 101 Å². The van der Waals surface area contributed by atoms with Gasteiger partial charge in [0.25, 0.3) is 6.71 Å². The summed E-state index contributed by atoms with van der Waals surface area (Å²) >= 11 is 1.93. The maximum atomic E-state index is 6.47. The molecule has 6 nitrogen and oxygen atoms in total. The second-order valence-electron chi connectivity index (χ2n) is 18.4. The van der Waals surface area contributed by atoms with Gasteiger partial charge in [-0.1, -0.05) is 59.7 Å². The van der Waals surface area contributed by atoms with Crippen LogP contribution < -0.4 is 44.4 Å². The molecular formula is C49H51BN2O4S. The smallest absolute Gasteiger partial charge is 0.264 e. The van der Waals surface area contributed by atoms with Crippen molar-refractivity contribution >= 4 is 78.0 Å². The molecule has 1 aromatic heterocycles. The number of hydrogen-bond donors (Lipinski definition) is 0. The highest BCUT2D eigenvalue weighted by Crippen LogP contribution is 2.52. The SMILES string of the molecule is Cc1cc2c3c(c1)N(c1c(C)cc(C(C)(C)C)cc1C)c1c(sc4ccc(C(C)(C)C)cc14)B3c1cc3c(cc1N2c1ccc2c(c1)OCCCO2)OCCCO3. The van der Waals surface area contributed by atoms with Gasteiger partial charge < -0.3 is 28.7 Å². The average molecular weight is 775 g/mol. The van der Waals surface area contributed by atoms with Crippen LogP contribution in [0, 0.1) is 20.8 Å². The van der Waals surface area contributed by atoms with E-state index >= 15 is 0 Å². The topological polar surface area (TPSA) is 43.4 Å². The van der Waals surface area contributed by atoms with E-state index in [0.717, 1.165) is 52.9 Å². The van der Waals surface area contributed by atoms with Crippen molar-refractivity contribution in [3.63, 3.8) is 0 Å². The van der Waals surface area contributed by atoms with Crippen molar-refractivity contribution in [1.29, 1.82) is 0 Å². The van der Waals surface area contributed by atoms with Crippen molar-refractivity contribution in [3.8, 4) is 23.0 Å². The quantitative estimate of drug-likeness (QED) is 0.163. The van der Waals surface area contributed by atoms with Crippen molar-refractivity contribution in [1.82, 2.24) is 0 Å². The Kier molecular flexibility index (Phi) is 8.26. The molecule has 0 amide bonds. The second-order valence-corrected chi connectivity index (χ2v) is 19.5. The van der Waals surface area contributed by atoms with Gasteiger partial charge in [-0.15, -0.1) is 11.3 Å². The van der Waals surface area contributed by atoms with Gasteiger partial charge in [-0.2, -0.15) is 0 Å². The minimum absolute atomic E-state index is 0.000141. The minimum atomic E-state index is -0.0318. The van der Waals surface area contributed by atoms with Crippen LogP contribution in [-0.2, 0) is 10.8 Å². The summed E-state index contributed by atoms with van der Waals surface area (Å²) in [6.45, 7) is 23.2. The summed E-state index contributed by atoms with van der Waals surface area (Å²) in [5, 5.41) is 1.30. The van der Waals surface area contributed by atoms with E-state index in [1.165, 1.54) is 70.7 Å². The normalized spacial score (nSPS) is 15.8. The van der Waals surface area contributed by atoms with E-state index in [-0.39, 0.29) is 17.5 Å². The molecule has 4 aliphatic rings. The molecule has 0 atom stereocenters. The predicted molar refractivity (Wildman–Crippen MR) is 239 cm³/mol. The molecule has 6 aromatic rings. The second kappa shape index (κ2) is 13.0. The van der Waals surface area contributed by atoms with E-state index in [9.17, 15) is 0 Å². The lowest BCUT2D eigenvalue weighted by Gasteiger charge is -2.44. The molecular weight excluding hydrogens is 723 g/mol. The fourth-order valence-corrected chi connectivity index (χ4v) is 10.6. The van der Waals surface area contributed by atoms with Gasteiger partial charge in [-0.3, -0.25) is 0 Å². The zero-order valence-corrected chi connectivity index (χ0v) is 35.5. The lowest BCUT2D eigenvalue weighted by Crippen LogP contribution is -2.60. The van der Waals surface area contributed by atoms with Crippen molar-refractivity contribution in [2.45, 2.75) is 86.0 Å². The molecule has 290 valence electrons. The third kappa shape index (κ3) is 5.80. The van der Waals surface area contributed by atoms with Gasteiger partial charge in [0.05, 0.1) is 43.5 Å². The fraction of sp³-hybridized carbons (Fsp3) is 0.347. The Balaban J connectivity index is 1.32. The summed E-state index contributed by atoms with van der Waals surface area (Å²) < 4.78 is 28.0. The summed E-state index contributed by atoms with van der Waals surface area (Å²) in [5.74, 6) is 3.16. The maximum Gasteiger partial charge on any atom is 0.264 e. The van der Waals surface area contributed by atoms with Gasteiger partial charge >= 0.3 is 0 Å². The molecule has 5 aromatic carbocycles. The Morgan fingerprint density at radius 1 is 0.561 bits per heavy atom. The number of thiophene rings is 1. The molecule has 0 radical (unpaired) electrons. The largest absolute Gasteiger partial charge is 0.490 e. The molecule has 5 heterocycles. The molecule has 0 spiro atoms. The third-order valence-corrected chi connectivity index (χ3v) is 13.3. The lowest BCUT2D eigenvalue weighted by atomic mass is 9.36. The molecule has 0 saturated heterocycles. The Morgan fingerprint density at radius 2 is 1.16 bits per heavy atom. The van der Waals surface area contributed by atoms with Gasteiger partial charge in [0.15, 0.2) is 23.0 Å². The van der Waals surface area contributed by atoms with E-state index in [1.807, 2.05) is 11.3 Å². The van der Waals surface area contributed by atoms with Crippen molar-refractivity contribution < 1.29 is 18.9 Å². The highest BCUT2D eigenvalue weighted by atomic mass is 32.1. The van der Waals surface area contributed by atoms with Crippen molar-refractivity contribution in [2.75, 3.05) is 36.2 Å². The minimum Gasteiger partial charge on any atom is -0.490 e. The Morgan fingerprint density at radius 3 is 1.81 bits per heavy atom. The van der Waals surface area contributed by atoms with Gasteiger partial charge in [0, 0.05) is 56.9 Å². The van der Waals surface area contributed by atoms with Crippen LogP contribution in [0.2, 0.25) is 0 Å². The highest BCUT2D eigenvalue weighted by Gasteiger charge is 2.47. The number of rotatable bonds is 2. The predicted octanol–water partition coefficient (Wildman–Crippen LogP) is 10.8. The molecule has 0 unspecified atom stereocenters. The first kappa shape index (κ1) is 36.3. The maximum absolute atomic E-state index is 6.47. The number of nitrogens with zero attached hydrogens (tertiary/aromatic N) is 2. The van der Waals surface area contributed by atoms with Gasteiger partial charge in [0.1, 0.15) is 0 Å². The highest BCUT2D eigenvalue weighted by molar-refractivity contribution is 7.33. The number of ether oxygens (including phenoxy) is 4. The Labute approximate surface area is 341 Å². The monoisotopic (exact) mass is 774 g/mol. The van der Waals surface area contributed by atoms with Crippen LogP contribution in [0.15, 0.2) is 72.8 Å². The zero-order chi connectivity index (χ0) is 39.5. The standard InChI is InChI=1S/C49H51BN2O4S/c1-28-20-37-44-38(21-28)52(45-29(2)22-32(23-30(45)3)49(7,8)9)46-34-24-31(48(4,5)6)12-15-43(34)57-47(46)50(44)35-26-41-42(56-19-11-18-55-41)27-36(35)51(37)33-13-14-39-40(25-33)54-17-10-16-53-39/h12-15,20-27H,10-11,16-19H2,1-9H3. The number of benzene rings is 5. The molecule has 4 aliphatic heterocycles. The van der Waals surface area contributed by atoms with Crippen LogP contribution in [0.4, 0.5) is 34.1 Å². The van der Waals surface area contributed by atoms with Crippen LogP contribution >= 0.6 is 11.3 Å². The zero-order valence-electron chi connectivity index (χ0n) is 34.7. The Bertz CT molecular complexity index is 2610. The Hall–Kier alpha value is -5.08. The number of hydrogen-bond acceptors (Lipinski definition) is 7. The molecule has 0 bridgehead atoms. The first-order valence-corrected chi connectivity index (χ1v) is 21.3. The van der Waals surface area contributed by atoms with E-state index in [2.05, 4.69) is 145 Å². The van der Waals surface area contributed by atoms with Crippen LogP contribution in [0.5, 0.6) is 23.0 Å². The van der Waals surface area contributed by atoms with Crippen LogP contribution in [0.1, 0.15) is 82.2 Å². The van der Waals surface area contributed by atoms with Crippen molar-refractivity contribution in [2.24, 2.45) is 0 Å². The number of fused-ring (bicyclic) bond motifs is 8. The van der Waals surface area contributed by atoms with E-state index in [1.54, 1.807) is 0 Å². The lowest BCUT2D eigenvalue weighted by molar-refractivity contribution is 0.296. The molecule has 0 N–H and O–H groups in total. The first-order chi connectivity index (χ1) is 27.3. The van der Waals surface area contributed by atoms with Gasteiger partial charge in [-0.25, -0.2) is 0 Å². The van der Waals surface area contributed by atoms with Gasteiger partial charge in [0.2, 0.25) is 0 Å². The number of anilines is 6. The fourth-order valence-electron chi connectivity index (χ4n) is 9.28. The van der Waals surface area contributed by atoms with Crippen LogP contribution in [0.25, 0.3) is 10.1 Å². The summed E-state index contributed by atoms with van der Waals surface area (Å²) in [5.41, 5.74) is 16.0. The first-order valence-electron chi connectivity index (χ1n) is 20.5. The third-order valence-electron chi connectivity index (χ3n) is 12.1. The summed E-state index contributed by atoms with van der Waals surface area (Å²) in [6, 6.07) is 27.7. The van der Waals surface area contributed by atoms with Gasteiger partial charge in [-0.05, 0) is 113 Å². The van der Waals surface area contributed by atoms with E-state index < -0.39 is 0 Å².